The standard InChI is InChI=1S/C26H28BrFN4O3S/c1-5-11-36-26-30-25-29-15(3)22(16(4)33)23(32(25)31-26)18-12-19(27)24(21(13-18)34-6-2)35-14-17-9-7-8-10-20(17)28/h7-10,12-13,23H,5-6,11,14H2,1-4H3,(H,29,30,31). The first kappa shape index (κ1) is 26.2. The highest BCUT2D eigenvalue weighted by Crippen LogP contribution is 2.43. The van der Waals surface area contributed by atoms with Crippen molar-refractivity contribution < 1.29 is 18.7 Å². The molecule has 0 saturated heterocycles. The largest absolute Gasteiger partial charge is 0.490 e. The van der Waals surface area contributed by atoms with Gasteiger partial charge in [0.15, 0.2) is 17.3 Å². The van der Waals surface area contributed by atoms with E-state index < -0.39 is 6.04 Å². The van der Waals surface area contributed by atoms with E-state index in [-0.39, 0.29) is 18.2 Å². The van der Waals surface area contributed by atoms with Crippen LogP contribution in [0.25, 0.3) is 0 Å². The van der Waals surface area contributed by atoms with Gasteiger partial charge in [-0.1, -0.05) is 36.9 Å². The second-order valence-corrected chi connectivity index (χ2v) is 10.2. The topological polar surface area (TPSA) is 78.3 Å². The molecule has 1 aliphatic heterocycles. The second kappa shape index (κ2) is 11.5. The first-order valence-corrected chi connectivity index (χ1v) is 13.5. The molecule has 0 saturated carbocycles. The zero-order valence-electron chi connectivity index (χ0n) is 20.6. The Morgan fingerprint density at radius 2 is 2.03 bits per heavy atom. The number of aromatic nitrogens is 3. The van der Waals surface area contributed by atoms with Gasteiger partial charge in [-0.25, -0.2) is 9.07 Å². The molecule has 0 aliphatic carbocycles. The Hall–Kier alpha value is -2.85. The molecule has 0 amide bonds. The lowest BCUT2D eigenvalue weighted by Crippen LogP contribution is -2.28. The van der Waals surface area contributed by atoms with Gasteiger partial charge in [0.2, 0.25) is 11.1 Å². The van der Waals surface area contributed by atoms with Crippen LogP contribution < -0.4 is 14.8 Å². The molecule has 3 aromatic rings. The van der Waals surface area contributed by atoms with Crippen molar-refractivity contribution in [2.75, 3.05) is 17.7 Å². The van der Waals surface area contributed by atoms with Crippen LogP contribution in [0.15, 0.2) is 57.3 Å². The fourth-order valence-corrected chi connectivity index (χ4v) is 5.32. The smallest absolute Gasteiger partial charge is 0.227 e. The summed E-state index contributed by atoms with van der Waals surface area (Å²) < 4.78 is 28.4. The van der Waals surface area contributed by atoms with Gasteiger partial charge in [-0.15, -0.1) is 5.10 Å². The summed E-state index contributed by atoms with van der Waals surface area (Å²) in [5.41, 5.74) is 2.55. The van der Waals surface area contributed by atoms with Gasteiger partial charge in [-0.2, -0.15) is 4.98 Å². The third kappa shape index (κ3) is 5.44. The maximum atomic E-state index is 14.1. The molecule has 0 radical (unpaired) electrons. The number of fused-ring (bicyclic) bond motifs is 1. The number of thioether (sulfide) groups is 1. The fourth-order valence-electron chi connectivity index (χ4n) is 4.06. The summed E-state index contributed by atoms with van der Waals surface area (Å²) in [6.45, 7) is 7.84. The first-order chi connectivity index (χ1) is 17.3. The number of hydrogen-bond acceptors (Lipinski definition) is 7. The summed E-state index contributed by atoms with van der Waals surface area (Å²) in [6, 6.07) is 9.72. The van der Waals surface area contributed by atoms with Crippen molar-refractivity contribution in [2.45, 2.75) is 51.9 Å². The van der Waals surface area contributed by atoms with E-state index in [0.29, 0.717) is 44.8 Å². The predicted octanol–water partition coefficient (Wildman–Crippen LogP) is 6.54. The number of nitrogens with one attached hydrogen (secondary N) is 1. The van der Waals surface area contributed by atoms with Crippen LogP contribution in [0.1, 0.15) is 51.3 Å². The molecule has 0 fully saturated rings. The molecule has 4 rings (SSSR count). The van der Waals surface area contributed by atoms with Crippen LogP contribution in [0, 0.1) is 5.82 Å². The highest BCUT2D eigenvalue weighted by atomic mass is 79.9. The van der Waals surface area contributed by atoms with Crippen molar-refractivity contribution in [1.29, 1.82) is 0 Å². The summed E-state index contributed by atoms with van der Waals surface area (Å²) in [5, 5.41) is 8.60. The zero-order valence-corrected chi connectivity index (χ0v) is 23.0. The van der Waals surface area contributed by atoms with E-state index in [2.05, 4.69) is 33.2 Å². The van der Waals surface area contributed by atoms with Gasteiger partial charge in [0.05, 0.1) is 11.1 Å². The number of nitrogens with zero attached hydrogens (tertiary/aromatic N) is 3. The number of carbonyl (C=O) groups excluding carboxylic acids is 1. The van der Waals surface area contributed by atoms with E-state index in [1.54, 1.807) is 41.6 Å². The first-order valence-electron chi connectivity index (χ1n) is 11.7. The van der Waals surface area contributed by atoms with Crippen LogP contribution in [0.4, 0.5) is 10.3 Å². The van der Waals surface area contributed by atoms with Crippen molar-refractivity contribution >= 4 is 39.4 Å². The molecular formula is C26H28BrFN4O3S. The molecule has 2 heterocycles. The lowest BCUT2D eigenvalue weighted by molar-refractivity contribution is -0.114. The Labute approximate surface area is 222 Å². The Bertz CT molecular complexity index is 1310. The Balaban J connectivity index is 1.76. The van der Waals surface area contributed by atoms with Crippen molar-refractivity contribution in [1.82, 2.24) is 14.8 Å². The highest BCUT2D eigenvalue weighted by molar-refractivity contribution is 9.10. The van der Waals surface area contributed by atoms with Crippen molar-refractivity contribution in [3.05, 3.63) is 69.1 Å². The molecule has 36 heavy (non-hydrogen) atoms. The lowest BCUT2D eigenvalue weighted by atomic mass is 9.93. The molecule has 0 bridgehead atoms. The molecular weight excluding hydrogens is 547 g/mol. The van der Waals surface area contributed by atoms with E-state index >= 15 is 0 Å². The van der Waals surface area contributed by atoms with Crippen LogP contribution in [0.2, 0.25) is 0 Å². The number of ether oxygens (including phenoxy) is 2. The van der Waals surface area contributed by atoms with E-state index in [4.69, 9.17) is 14.6 Å². The summed E-state index contributed by atoms with van der Waals surface area (Å²) in [7, 11) is 0. The monoisotopic (exact) mass is 574 g/mol. The molecule has 10 heteroatoms. The van der Waals surface area contributed by atoms with E-state index in [9.17, 15) is 9.18 Å². The van der Waals surface area contributed by atoms with E-state index in [1.165, 1.54) is 6.07 Å². The maximum Gasteiger partial charge on any atom is 0.227 e. The molecule has 1 aromatic heterocycles. The fraction of sp³-hybridized carbons (Fsp3) is 0.346. The minimum Gasteiger partial charge on any atom is -0.490 e. The highest BCUT2D eigenvalue weighted by Gasteiger charge is 2.34. The summed E-state index contributed by atoms with van der Waals surface area (Å²) >= 11 is 5.19. The third-order valence-electron chi connectivity index (χ3n) is 5.63. The normalized spacial score (nSPS) is 14.9. The Morgan fingerprint density at radius 1 is 1.25 bits per heavy atom. The molecule has 2 aromatic carbocycles. The average molecular weight is 576 g/mol. The number of allylic oxidation sites excluding steroid dienone is 2. The van der Waals surface area contributed by atoms with Gasteiger partial charge in [-0.3, -0.25) is 4.79 Å². The number of Topliss-reactive ketones (excluding diaryl/α,β-unsaturated/α-hetero) is 1. The zero-order chi connectivity index (χ0) is 25.8. The summed E-state index contributed by atoms with van der Waals surface area (Å²) in [5.74, 6) is 2.02. The maximum absolute atomic E-state index is 14.1. The molecule has 7 nitrogen and oxygen atoms in total. The van der Waals surface area contributed by atoms with Crippen LogP contribution in [0.3, 0.4) is 0 Å². The van der Waals surface area contributed by atoms with Crippen LogP contribution in [0.5, 0.6) is 11.5 Å². The number of halogens is 2. The number of anilines is 1. The predicted molar refractivity (Wildman–Crippen MR) is 142 cm³/mol. The van der Waals surface area contributed by atoms with Gasteiger partial charge in [0, 0.05) is 22.6 Å². The second-order valence-electron chi connectivity index (χ2n) is 8.28. The average Bonchev–Trinajstić information content (AvgIpc) is 3.24. The van der Waals surface area contributed by atoms with Crippen LogP contribution in [-0.2, 0) is 11.4 Å². The van der Waals surface area contributed by atoms with Gasteiger partial charge in [0.1, 0.15) is 18.5 Å². The van der Waals surface area contributed by atoms with Gasteiger partial charge in [0.25, 0.3) is 0 Å². The summed E-state index contributed by atoms with van der Waals surface area (Å²) in [6.07, 6.45) is 1.00. The van der Waals surface area contributed by atoms with Crippen LogP contribution in [-0.4, -0.2) is 32.9 Å². The van der Waals surface area contributed by atoms with Crippen molar-refractivity contribution in [2.24, 2.45) is 0 Å². The number of benzene rings is 2. The van der Waals surface area contributed by atoms with E-state index in [0.717, 1.165) is 23.4 Å². The quantitative estimate of drug-likeness (QED) is 0.275. The molecule has 1 atom stereocenters. The molecule has 1 aliphatic rings. The SMILES string of the molecule is CCCSc1nc2n(n1)C(c1cc(Br)c(OCc3ccccc3F)c(OCC)c1)C(C(C)=O)=C(C)N2. The minimum absolute atomic E-state index is 0.0426. The lowest BCUT2D eigenvalue weighted by Gasteiger charge is -2.28. The van der Waals surface area contributed by atoms with Gasteiger partial charge >= 0.3 is 0 Å². The van der Waals surface area contributed by atoms with Crippen molar-refractivity contribution in [3.8, 4) is 11.5 Å². The van der Waals surface area contributed by atoms with Gasteiger partial charge < -0.3 is 14.8 Å². The summed E-state index contributed by atoms with van der Waals surface area (Å²) in [4.78, 5) is 17.4. The number of hydrogen-bond donors (Lipinski definition) is 1. The van der Waals surface area contributed by atoms with Crippen molar-refractivity contribution in [3.63, 3.8) is 0 Å². The van der Waals surface area contributed by atoms with Crippen LogP contribution >= 0.6 is 27.7 Å². The number of carbonyl (C=O) groups is 1. The number of rotatable bonds is 10. The minimum atomic E-state index is -0.502. The Morgan fingerprint density at radius 3 is 2.72 bits per heavy atom. The Kier molecular flexibility index (Phi) is 8.35. The molecule has 190 valence electrons. The van der Waals surface area contributed by atoms with Gasteiger partial charge in [-0.05, 0) is 66.9 Å². The molecule has 1 N–H and O–H groups in total. The molecule has 1 unspecified atom stereocenters. The molecule has 0 spiro atoms. The number of ketones is 1. The third-order valence-corrected chi connectivity index (χ3v) is 7.26. The van der Waals surface area contributed by atoms with E-state index in [1.807, 2.05) is 26.0 Å².